The topological polar surface area (TPSA) is 74.2 Å². The molecule has 5 nitrogen and oxygen atoms in total. The number of nitrogens with two attached hydrogens (primary N) is 1. The van der Waals surface area contributed by atoms with Crippen molar-refractivity contribution in [2.24, 2.45) is 11.7 Å². The van der Waals surface area contributed by atoms with Crippen LogP contribution in [-0.4, -0.2) is 23.3 Å². The van der Waals surface area contributed by atoms with Crippen LogP contribution in [-0.2, 0) is 11.2 Å². The van der Waals surface area contributed by atoms with Crippen molar-refractivity contribution in [2.45, 2.75) is 51.2 Å². The maximum absolute atomic E-state index is 5.95. The van der Waals surface area contributed by atoms with Gasteiger partial charge in [-0.1, -0.05) is 18.5 Å². The molecular weight excluding hydrogens is 218 g/mol. The fraction of sp³-hybridized carbons (Fsp3) is 0.833. The van der Waals surface area contributed by atoms with Crippen LogP contribution >= 0.6 is 0 Å². The van der Waals surface area contributed by atoms with Gasteiger partial charge in [0.05, 0.1) is 0 Å². The zero-order valence-electron chi connectivity index (χ0n) is 10.6. The highest BCUT2D eigenvalue weighted by atomic mass is 16.5. The van der Waals surface area contributed by atoms with Gasteiger partial charge in [0.1, 0.15) is 6.10 Å². The van der Waals surface area contributed by atoms with Crippen molar-refractivity contribution in [3.8, 4) is 0 Å². The molecule has 0 radical (unpaired) electrons. The van der Waals surface area contributed by atoms with Crippen LogP contribution in [0.15, 0.2) is 4.52 Å². The van der Waals surface area contributed by atoms with E-state index < -0.39 is 0 Å². The van der Waals surface area contributed by atoms with Gasteiger partial charge >= 0.3 is 0 Å². The molecule has 2 atom stereocenters. The zero-order valence-corrected chi connectivity index (χ0v) is 10.6. The van der Waals surface area contributed by atoms with Gasteiger partial charge in [-0.05, 0) is 25.2 Å². The second-order valence-corrected chi connectivity index (χ2v) is 4.79. The van der Waals surface area contributed by atoms with Crippen LogP contribution in [0.4, 0.5) is 0 Å². The molecule has 1 aromatic rings. The summed E-state index contributed by atoms with van der Waals surface area (Å²) in [6, 6.07) is 0.107. The summed E-state index contributed by atoms with van der Waals surface area (Å²) in [5.41, 5.74) is 5.95. The average molecular weight is 239 g/mol. The van der Waals surface area contributed by atoms with Crippen molar-refractivity contribution >= 4 is 0 Å². The van der Waals surface area contributed by atoms with Crippen molar-refractivity contribution < 1.29 is 9.26 Å². The first kappa shape index (κ1) is 12.5. The molecule has 0 spiro atoms. The van der Waals surface area contributed by atoms with E-state index in [1.54, 1.807) is 7.11 Å². The van der Waals surface area contributed by atoms with Gasteiger partial charge in [-0.3, -0.25) is 0 Å². The van der Waals surface area contributed by atoms with E-state index in [0.717, 1.165) is 12.8 Å². The van der Waals surface area contributed by atoms with Crippen molar-refractivity contribution in [3.63, 3.8) is 0 Å². The Balaban J connectivity index is 1.94. The van der Waals surface area contributed by atoms with Crippen molar-refractivity contribution in [3.05, 3.63) is 11.7 Å². The second kappa shape index (κ2) is 5.60. The van der Waals surface area contributed by atoms with Crippen LogP contribution in [0.5, 0.6) is 0 Å². The predicted molar refractivity (Wildman–Crippen MR) is 63.4 cm³/mol. The van der Waals surface area contributed by atoms with E-state index in [9.17, 15) is 0 Å². The molecule has 5 heteroatoms. The third kappa shape index (κ3) is 3.26. The number of aromatic nitrogens is 2. The third-order valence-electron chi connectivity index (χ3n) is 3.14. The van der Waals surface area contributed by atoms with E-state index in [4.69, 9.17) is 15.0 Å². The van der Waals surface area contributed by atoms with E-state index in [2.05, 4.69) is 17.1 Å². The Morgan fingerprint density at radius 1 is 1.53 bits per heavy atom. The van der Waals surface area contributed by atoms with Crippen LogP contribution < -0.4 is 5.73 Å². The monoisotopic (exact) mass is 239 g/mol. The molecule has 1 aliphatic carbocycles. The van der Waals surface area contributed by atoms with Gasteiger partial charge in [0, 0.05) is 19.6 Å². The van der Waals surface area contributed by atoms with E-state index in [1.165, 1.54) is 12.8 Å². The van der Waals surface area contributed by atoms with Crippen LogP contribution in [0.2, 0.25) is 0 Å². The Bertz CT molecular complexity index is 349. The molecule has 0 bridgehead atoms. The molecular formula is C12H21N3O2. The van der Waals surface area contributed by atoms with E-state index in [1.807, 2.05) is 0 Å². The molecule has 2 unspecified atom stereocenters. The van der Waals surface area contributed by atoms with Gasteiger partial charge in [-0.15, -0.1) is 0 Å². The lowest BCUT2D eigenvalue weighted by Crippen LogP contribution is -2.22. The number of ether oxygens (including phenoxy) is 1. The first-order valence-corrected chi connectivity index (χ1v) is 6.35. The summed E-state index contributed by atoms with van der Waals surface area (Å²) < 4.78 is 10.6. The number of rotatable bonds is 7. The van der Waals surface area contributed by atoms with Crippen LogP contribution in [0.25, 0.3) is 0 Å². The van der Waals surface area contributed by atoms with Crippen molar-refractivity contribution in [1.82, 2.24) is 10.1 Å². The number of methoxy groups -OCH3 is 1. The molecule has 0 aliphatic heterocycles. The first-order chi connectivity index (χ1) is 8.24. The molecule has 1 heterocycles. The lowest BCUT2D eigenvalue weighted by atomic mass is 10.1. The molecule has 1 aromatic heterocycles. The zero-order chi connectivity index (χ0) is 12.3. The van der Waals surface area contributed by atoms with Gasteiger partial charge < -0.3 is 15.0 Å². The number of hydrogen-bond acceptors (Lipinski definition) is 5. The smallest absolute Gasteiger partial charge is 0.228 e. The lowest BCUT2D eigenvalue weighted by molar-refractivity contribution is 0.0751. The molecule has 96 valence electrons. The Hall–Kier alpha value is -0.940. The van der Waals surface area contributed by atoms with E-state index >= 15 is 0 Å². The summed E-state index contributed by atoms with van der Waals surface area (Å²) in [6.45, 7) is 2.12. The minimum atomic E-state index is -0.00472. The Morgan fingerprint density at radius 3 is 2.88 bits per heavy atom. The summed E-state index contributed by atoms with van der Waals surface area (Å²) in [4.78, 5) is 4.38. The fourth-order valence-corrected chi connectivity index (χ4v) is 2.07. The highest BCUT2D eigenvalue weighted by Crippen LogP contribution is 2.41. The Morgan fingerprint density at radius 2 is 2.29 bits per heavy atom. The molecule has 1 fully saturated rings. The summed E-state index contributed by atoms with van der Waals surface area (Å²) in [5, 5.41) is 4.00. The van der Waals surface area contributed by atoms with Gasteiger partial charge in [0.2, 0.25) is 11.7 Å². The van der Waals surface area contributed by atoms with Gasteiger partial charge in [0.15, 0.2) is 0 Å². The minimum absolute atomic E-state index is 0.00472. The maximum Gasteiger partial charge on any atom is 0.228 e. The average Bonchev–Trinajstić information content (AvgIpc) is 3.02. The highest BCUT2D eigenvalue weighted by molar-refractivity contribution is 4.99. The predicted octanol–water partition coefficient (Wildman–Crippen LogP) is 1.84. The molecule has 2 rings (SSSR count). The molecule has 0 saturated heterocycles. The van der Waals surface area contributed by atoms with Crippen LogP contribution in [0, 0.1) is 5.92 Å². The van der Waals surface area contributed by atoms with Crippen LogP contribution in [0.1, 0.15) is 50.4 Å². The quantitative estimate of drug-likeness (QED) is 0.785. The highest BCUT2D eigenvalue weighted by Gasteiger charge is 2.35. The Kier molecular flexibility index (Phi) is 4.12. The third-order valence-corrected chi connectivity index (χ3v) is 3.14. The minimum Gasteiger partial charge on any atom is -0.373 e. The molecule has 1 aliphatic rings. The lowest BCUT2D eigenvalue weighted by Gasteiger charge is -2.08. The molecule has 0 aromatic carbocycles. The van der Waals surface area contributed by atoms with Gasteiger partial charge in [-0.25, -0.2) is 0 Å². The molecule has 0 amide bonds. The largest absolute Gasteiger partial charge is 0.373 e. The van der Waals surface area contributed by atoms with Crippen molar-refractivity contribution in [2.75, 3.05) is 7.11 Å². The molecule has 17 heavy (non-hydrogen) atoms. The SMILES string of the molecule is CCCC(N)Cc1nc(C(OC)C2CC2)no1. The summed E-state index contributed by atoms with van der Waals surface area (Å²) in [5.74, 6) is 1.87. The normalized spacial score (nSPS) is 19.2. The van der Waals surface area contributed by atoms with Crippen LogP contribution in [0.3, 0.4) is 0 Å². The molecule has 2 N–H and O–H groups in total. The fourth-order valence-electron chi connectivity index (χ4n) is 2.07. The number of hydrogen-bond donors (Lipinski definition) is 1. The Labute approximate surface area is 102 Å². The molecule has 1 saturated carbocycles. The summed E-state index contributed by atoms with van der Waals surface area (Å²) in [6.07, 6.45) is 5.09. The standard InChI is InChI=1S/C12H21N3O2/c1-3-4-9(13)7-10-14-12(15-17-10)11(16-2)8-5-6-8/h8-9,11H,3-7,13H2,1-2H3. The second-order valence-electron chi connectivity index (χ2n) is 4.79. The maximum atomic E-state index is 5.95. The van der Waals surface area contributed by atoms with Crippen molar-refractivity contribution in [1.29, 1.82) is 0 Å². The van der Waals surface area contributed by atoms with Gasteiger partial charge in [-0.2, -0.15) is 4.98 Å². The van der Waals surface area contributed by atoms with E-state index in [0.29, 0.717) is 24.1 Å². The summed E-state index contributed by atoms with van der Waals surface area (Å²) in [7, 11) is 1.70. The number of nitrogens with zero attached hydrogens (tertiary/aromatic N) is 2. The van der Waals surface area contributed by atoms with E-state index in [-0.39, 0.29) is 12.1 Å². The summed E-state index contributed by atoms with van der Waals surface area (Å²) >= 11 is 0. The first-order valence-electron chi connectivity index (χ1n) is 6.35. The van der Waals surface area contributed by atoms with Gasteiger partial charge in [0.25, 0.3) is 0 Å².